The van der Waals surface area contributed by atoms with Crippen LogP contribution in [0.1, 0.15) is 29.2 Å². The molecule has 3 aromatic rings. The van der Waals surface area contributed by atoms with Gasteiger partial charge in [0, 0.05) is 11.6 Å². The number of carbonyl (C=O) groups is 1. The molecule has 0 spiro atoms. The van der Waals surface area contributed by atoms with Crippen LogP contribution in [0.3, 0.4) is 0 Å². The number of nitro benzene ring substituents is 1. The molecule has 0 saturated heterocycles. The highest BCUT2D eigenvalue weighted by Crippen LogP contribution is 2.32. The van der Waals surface area contributed by atoms with E-state index in [0.29, 0.717) is 30.3 Å². The summed E-state index contributed by atoms with van der Waals surface area (Å²) in [4.78, 5) is 27.2. The van der Waals surface area contributed by atoms with Crippen LogP contribution in [-0.2, 0) is 16.1 Å². The van der Waals surface area contributed by atoms with Crippen molar-refractivity contribution in [3.8, 4) is 11.5 Å². The van der Waals surface area contributed by atoms with Gasteiger partial charge in [-0.25, -0.2) is 9.79 Å². The molecule has 0 amide bonds. The summed E-state index contributed by atoms with van der Waals surface area (Å²) in [5.74, 6) is 0.392. The summed E-state index contributed by atoms with van der Waals surface area (Å²) >= 11 is 5.86. The van der Waals surface area contributed by atoms with E-state index in [4.69, 9.17) is 25.8 Å². The highest BCUT2D eigenvalue weighted by molar-refractivity contribution is 6.32. The van der Waals surface area contributed by atoms with Gasteiger partial charge in [-0.05, 0) is 60.9 Å². The standard InChI is InChI=1S/C26H21ClN2O6/c1-3-33-24-13-17(8-11-23(24)34-15-19-7-5-4-6-16(19)2)12-21-26(30)35-25(28-21)18-9-10-20(27)22(14-18)29(31)32/h4-14H,3,15H2,1-2H3. The van der Waals surface area contributed by atoms with E-state index < -0.39 is 10.9 Å². The molecule has 0 unspecified atom stereocenters. The molecule has 0 bridgehead atoms. The van der Waals surface area contributed by atoms with Gasteiger partial charge in [0.25, 0.3) is 5.69 Å². The van der Waals surface area contributed by atoms with Crippen LogP contribution >= 0.6 is 11.6 Å². The van der Waals surface area contributed by atoms with Gasteiger partial charge in [-0.15, -0.1) is 0 Å². The Morgan fingerprint density at radius 3 is 2.63 bits per heavy atom. The molecule has 0 fully saturated rings. The first-order valence-electron chi connectivity index (χ1n) is 10.8. The van der Waals surface area contributed by atoms with Gasteiger partial charge < -0.3 is 14.2 Å². The lowest BCUT2D eigenvalue weighted by Gasteiger charge is -2.13. The third kappa shape index (κ3) is 5.50. The number of halogens is 1. The van der Waals surface area contributed by atoms with E-state index in [1.165, 1.54) is 18.2 Å². The second-order valence-corrected chi connectivity index (χ2v) is 8.02. The first-order valence-corrected chi connectivity index (χ1v) is 11.1. The Labute approximate surface area is 206 Å². The highest BCUT2D eigenvalue weighted by atomic mass is 35.5. The molecule has 3 aromatic carbocycles. The number of ether oxygens (including phenoxy) is 3. The molecule has 0 atom stereocenters. The lowest BCUT2D eigenvalue weighted by molar-refractivity contribution is -0.384. The minimum absolute atomic E-state index is 0.0207. The van der Waals surface area contributed by atoms with Crippen LogP contribution in [-0.4, -0.2) is 23.4 Å². The molecule has 1 heterocycles. The van der Waals surface area contributed by atoms with Crippen LogP contribution in [0.15, 0.2) is 71.4 Å². The molecule has 1 aliphatic rings. The van der Waals surface area contributed by atoms with Crippen molar-refractivity contribution in [1.82, 2.24) is 0 Å². The molecule has 8 nitrogen and oxygen atoms in total. The third-order valence-electron chi connectivity index (χ3n) is 5.23. The smallest absolute Gasteiger partial charge is 0.363 e. The van der Waals surface area contributed by atoms with Gasteiger partial charge in [-0.1, -0.05) is 41.9 Å². The molecule has 0 aliphatic carbocycles. The SMILES string of the molecule is CCOc1cc(C=C2N=C(c3ccc(Cl)c([N+](=O)[O-])c3)OC2=O)ccc1OCc1ccccc1C. The Kier molecular flexibility index (Phi) is 7.12. The molecule has 4 rings (SSSR count). The zero-order valence-corrected chi connectivity index (χ0v) is 19.7. The number of aryl methyl sites for hydroxylation is 1. The molecule has 0 aromatic heterocycles. The van der Waals surface area contributed by atoms with E-state index in [2.05, 4.69) is 4.99 Å². The van der Waals surface area contributed by atoms with Crippen LogP contribution in [0.5, 0.6) is 11.5 Å². The molecular formula is C26H21ClN2O6. The third-order valence-corrected chi connectivity index (χ3v) is 5.55. The first-order chi connectivity index (χ1) is 16.9. The van der Waals surface area contributed by atoms with Crippen molar-refractivity contribution in [3.05, 3.63) is 104 Å². The van der Waals surface area contributed by atoms with E-state index in [1.807, 2.05) is 38.1 Å². The molecule has 0 radical (unpaired) electrons. The zero-order chi connectivity index (χ0) is 24.9. The summed E-state index contributed by atoms with van der Waals surface area (Å²) in [6, 6.07) is 17.3. The number of carbonyl (C=O) groups excluding carboxylic acids is 1. The number of esters is 1. The summed E-state index contributed by atoms with van der Waals surface area (Å²) in [5.41, 5.74) is 2.87. The molecule has 9 heteroatoms. The van der Waals surface area contributed by atoms with Crippen molar-refractivity contribution in [3.63, 3.8) is 0 Å². The highest BCUT2D eigenvalue weighted by Gasteiger charge is 2.26. The number of nitro groups is 1. The Bertz CT molecular complexity index is 1370. The summed E-state index contributed by atoms with van der Waals surface area (Å²) in [7, 11) is 0. The van der Waals surface area contributed by atoms with Gasteiger partial charge in [0.1, 0.15) is 11.6 Å². The number of aliphatic imine (C=N–C) groups is 1. The minimum atomic E-state index is -0.671. The number of hydrogen-bond acceptors (Lipinski definition) is 7. The van der Waals surface area contributed by atoms with Crippen LogP contribution in [0.25, 0.3) is 6.08 Å². The number of nitrogens with zero attached hydrogens (tertiary/aromatic N) is 2. The quantitative estimate of drug-likeness (QED) is 0.168. The summed E-state index contributed by atoms with van der Waals surface area (Å²) in [6.07, 6.45) is 1.55. The van der Waals surface area contributed by atoms with E-state index >= 15 is 0 Å². The average Bonchev–Trinajstić information content (AvgIpc) is 3.20. The number of cyclic esters (lactones) is 1. The van der Waals surface area contributed by atoms with E-state index in [1.54, 1.807) is 24.3 Å². The van der Waals surface area contributed by atoms with Gasteiger partial charge in [-0.2, -0.15) is 0 Å². The topological polar surface area (TPSA) is 100 Å². The van der Waals surface area contributed by atoms with Crippen LogP contribution < -0.4 is 9.47 Å². The average molecular weight is 493 g/mol. The maximum Gasteiger partial charge on any atom is 0.363 e. The second kappa shape index (κ2) is 10.4. The summed E-state index contributed by atoms with van der Waals surface area (Å²) < 4.78 is 17.0. The van der Waals surface area contributed by atoms with Crippen LogP contribution in [0, 0.1) is 17.0 Å². The van der Waals surface area contributed by atoms with Crippen LogP contribution in [0.2, 0.25) is 5.02 Å². The summed E-state index contributed by atoms with van der Waals surface area (Å²) in [5, 5.41) is 11.1. The Morgan fingerprint density at radius 2 is 1.89 bits per heavy atom. The predicted octanol–water partition coefficient (Wildman–Crippen LogP) is 5.88. The largest absolute Gasteiger partial charge is 0.490 e. The number of benzene rings is 3. The van der Waals surface area contributed by atoms with Crippen molar-refractivity contribution in [2.75, 3.05) is 6.61 Å². The van der Waals surface area contributed by atoms with Crippen molar-refractivity contribution < 1.29 is 23.9 Å². The first kappa shape index (κ1) is 24.0. The van der Waals surface area contributed by atoms with Crippen molar-refractivity contribution in [2.24, 2.45) is 4.99 Å². The summed E-state index contributed by atoms with van der Waals surface area (Å²) in [6.45, 7) is 4.71. The number of hydrogen-bond donors (Lipinski definition) is 0. The molecule has 0 saturated carbocycles. The van der Waals surface area contributed by atoms with Gasteiger partial charge >= 0.3 is 5.97 Å². The van der Waals surface area contributed by atoms with Gasteiger partial charge in [-0.3, -0.25) is 10.1 Å². The van der Waals surface area contributed by atoms with Crippen LogP contribution in [0.4, 0.5) is 5.69 Å². The van der Waals surface area contributed by atoms with Gasteiger partial charge in [0.05, 0.1) is 11.5 Å². The van der Waals surface area contributed by atoms with E-state index in [-0.39, 0.29) is 27.9 Å². The Hall–Kier alpha value is -4.17. The maximum atomic E-state index is 12.4. The fraction of sp³-hybridized carbons (Fsp3) is 0.154. The zero-order valence-electron chi connectivity index (χ0n) is 19.0. The van der Waals surface area contributed by atoms with Gasteiger partial charge in [0.2, 0.25) is 5.90 Å². The van der Waals surface area contributed by atoms with Gasteiger partial charge in [0.15, 0.2) is 17.2 Å². The van der Waals surface area contributed by atoms with E-state index in [0.717, 1.165) is 11.1 Å². The van der Waals surface area contributed by atoms with Crippen molar-refractivity contribution in [1.29, 1.82) is 0 Å². The Morgan fingerprint density at radius 1 is 1.09 bits per heavy atom. The fourth-order valence-electron chi connectivity index (χ4n) is 3.41. The Balaban J connectivity index is 1.59. The predicted molar refractivity (Wildman–Crippen MR) is 132 cm³/mol. The molecule has 35 heavy (non-hydrogen) atoms. The second-order valence-electron chi connectivity index (χ2n) is 7.61. The normalized spacial score (nSPS) is 14.0. The molecular weight excluding hydrogens is 472 g/mol. The minimum Gasteiger partial charge on any atom is -0.490 e. The van der Waals surface area contributed by atoms with Crippen molar-refractivity contribution >= 4 is 35.2 Å². The molecule has 178 valence electrons. The van der Waals surface area contributed by atoms with E-state index in [9.17, 15) is 14.9 Å². The maximum absolute atomic E-state index is 12.4. The lowest BCUT2D eigenvalue weighted by atomic mass is 10.1. The molecule has 0 N–H and O–H groups in total. The fourth-order valence-corrected chi connectivity index (χ4v) is 3.59. The number of rotatable bonds is 8. The van der Waals surface area contributed by atoms with Crippen molar-refractivity contribution in [2.45, 2.75) is 20.5 Å². The molecule has 1 aliphatic heterocycles. The lowest BCUT2D eigenvalue weighted by Crippen LogP contribution is -2.06. The monoisotopic (exact) mass is 492 g/mol.